The fourth-order valence-electron chi connectivity index (χ4n) is 1.47. The largest absolute Gasteiger partial charge is 0.372 e. The molecule has 1 saturated heterocycles. The molecule has 0 saturated carbocycles. The zero-order chi connectivity index (χ0) is 8.39. The first-order valence-corrected chi connectivity index (χ1v) is 4.25. The average molecular weight is 167 g/mol. The van der Waals surface area contributed by atoms with E-state index in [0.29, 0.717) is 6.54 Å². The number of imidazole rings is 1. The van der Waals surface area contributed by atoms with Crippen LogP contribution in [-0.4, -0.2) is 16.6 Å². The third-order valence-corrected chi connectivity index (χ3v) is 2.12. The van der Waals surface area contributed by atoms with Crippen molar-refractivity contribution < 1.29 is 4.74 Å². The van der Waals surface area contributed by atoms with E-state index in [-0.39, 0.29) is 6.10 Å². The summed E-state index contributed by atoms with van der Waals surface area (Å²) in [7, 11) is 0. The van der Waals surface area contributed by atoms with Gasteiger partial charge in [-0.1, -0.05) is 0 Å². The number of hydrogen-bond donors (Lipinski definition) is 2. The minimum atomic E-state index is 0.220. The Morgan fingerprint density at radius 3 is 3.25 bits per heavy atom. The minimum Gasteiger partial charge on any atom is -0.372 e. The zero-order valence-electron chi connectivity index (χ0n) is 6.92. The summed E-state index contributed by atoms with van der Waals surface area (Å²) in [4.78, 5) is 7.26. The van der Waals surface area contributed by atoms with Gasteiger partial charge in [-0.2, -0.15) is 0 Å². The van der Waals surface area contributed by atoms with Crippen LogP contribution in [0.15, 0.2) is 6.20 Å². The number of H-pyrrole nitrogens is 1. The molecule has 0 amide bonds. The molecule has 1 unspecified atom stereocenters. The van der Waals surface area contributed by atoms with E-state index < -0.39 is 0 Å². The molecule has 2 rings (SSSR count). The van der Waals surface area contributed by atoms with Crippen LogP contribution in [-0.2, 0) is 11.3 Å². The van der Waals surface area contributed by atoms with Crippen LogP contribution in [0.2, 0.25) is 0 Å². The number of aromatic nitrogens is 2. The van der Waals surface area contributed by atoms with E-state index in [9.17, 15) is 0 Å². The van der Waals surface area contributed by atoms with Crippen molar-refractivity contribution in [2.45, 2.75) is 25.5 Å². The van der Waals surface area contributed by atoms with E-state index in [1.54, 1.807) is 0 Å². The lowest BCUT2D eigenvalue weighted by Gasteiger charge is -2.04. The molecule has 4 nitrogen and oxygen atoms in total. The van der Waals surface area contributed by atoms with Crippen LogP contribution in [0.4, 0.5) is 0 Å². The first kappa shape index (κ1) is 7.76. The van der Waals surface area contributed by atoms with Crippen LogP contribution in [0.25, 0.3) is 0 Å². The molecule has 1 fully saturated rings. The summed E-state index contributed by atoms with van der Waals surface area (Å²) in [5, 5.41) is 0. The van der Waals surface area contributed by atoms with Crippen LogP contribution in [0.3, 0.4) is 0 Å². The second-order valence-electron chi connectivity index (χ2n) is 2.99. The molecule has 66 valence electrons. The Labute approximate surface area is 71.1 Å². The second-order valence-corrected chi connectivity index (χ2v) is 2.99. The van der Waals surface area contributed by atoms with Gasteiger partial charge in [0.1, 0.15) is 5.82 Å². The molecule has 0 aromatic carbocycles. The molecule has 1 aliphatic heterocycles. The number of aromatic amines is 1. The van der Waals surface area contributed by atoms with Crippen molar-refractivity contribution in [3.63, 3.8) is 0 Å². The van der Waals surface area contributed by atoms with E-state index >= 15 is 0 Å². The number of hydrogen-bond acceptors (Lipinski definition) is 3. The van der Waals surface area contributed by atoms with Crippen LogP contribution >= 0.6 is 0 Å². The SMILES string of the molecule is NCc1ncc(C2CCCO2)[nH]1. The van der Waals surface area contributed by atoms with Crippen molar-refractivity contribution in [2.24, 2.45) is 5.73 Å². The Morgan fingerprint density at radius 1 is 1.75 bits per heavy atom. The van der Waals surface area contributed by atoms with Gasteiger partial charge in [0, 0.05) is 6.61 Å². The molecule has 1 aromatic rings. The second kappa shape index (κ2) is 3.25. The lowest BCUT2D eigenvalue weighted by molar-refractivity contribution is 0.109. The van der Waals surface area contributed by atoms with Gasteiger partial charge in [-0.05, 0) is 12.8 Å². The molecule has 12 heavy (non-hydrogen) atoms. The quantitative estimate of drug-likeness (QED) is 0.682. The van der Waals surface area contributed by atoms with Crippen molar-refractivity contribution in [3.05, 3.63) is 17.7 Å². The summed E-state index contributed by atoms with van der Waals surface area (Å²) in [6.07, 6.45) is 4.27. The summed E-state index contributed by atoms with van der Waals surface area (Å²) in [5.41, 5.74) is 6.49. The summed E-state index contributed by atoms with van der Waals surface area (Å²) >= 11 is 0. The summed E-state index contributed by atoms with van der Waals surface area (Å²) in [5.74, 6) is 0.834. The molecular weight excluding hydrogens is 154 g/mol. The number of rotatable bonds is 2. The highest BCUT2D eigenvalue weighted by molar-refractivity contribution is 5.05. The molecule has 2 heterocycles. The smallest absolute Gasteiger partial charge is 0.120 e. The Morgan fingerprint density at radius 2 is 2.67 bits per heavy atom. The topological polar surface area (TPSA) is 63.9 Å². The summed E-state index contributed by atoms with van der Waals surface area (Å²) in [6.45, 7) is 1.33. The fourth-order valence-corrected chi connectivity index (χ4v) is 1.47. The first-order chi connectivity index (χ1) is 5.90. The number of ether oxygens (including phenoxy) is 1. The van der Waals surface area contributed by atoms with Crippen LogP contribution in [0.5, 0.6) is 0 Å². The van der Waals surface area contributed by atoms with Crippen molar-refractivity contribution in [1.82, 2.24) is 9.97 Å². The lowest BCUT2D eigenvalue weighted by atomic mass is 10.2. The number of nitrogens with two attached hydrogens (primary N) is 1. The Balaban J connectivity index is 2.11. The minimum absolute atomic E-state index is 0.220. The van der Waals surface area contributed by atoms with Crippen LogP contribution < -0.4 is 5.73 Å². The standard InChI is InChI=1S/C8H13N3O/c9-4-8-10-5-6(11-8)7-2-1-3-12-7/h5,7H,1-4,9H2,(H,10,11). The molecular formula is C8H13N3O. The van der Waals surface area contributed by atoms with E-state index in [0.717, 1.165) is 31.0 Å². The van der Waals surface area contributed by atoms with Crippen molar-refractivity contribution in [2.75, 3.05) is 6.61 Å². The molecule has 1 aliphatic rings. The van der Waals surface area contributed by atoms with Gasteiger partial charge in [0.25, 0.3) is 0 Å². The Hall–Kier alpha value is -0.870. The Kier molecular flexibility index (Phi) is 2.10. The normalized spacial score (nSPS) is 23.2. The van der Waals surface area contributed by atoms with Crippen molar-refractivity contribution >= 4 is 0 Å². The van der Waals surface area contributed by atoms with E-state index in [1.807, 2.05) is 6.20 Å². The third kappa shape index (κ3) is 1.35. The number of nitrogens with one attached hydrogen (secondary N) is 1. The molecule has 1 aromatic heterocycles. The predicted octanol–water partition coefficient (Wildman–Crippen LogP) is 0.720. The predicted molar refractivity (Wildman–Crippen MR) is 44.4 cm³/mol. The van der Waals surface area contributed by atoms with Gasteiger partial charge in [0.2, 0.25) is 0 Å². The highest BCUT2D eigenvalue weighted by Gasteiger charge is 2.19. The Bertz CT molecular complexity index is 253. The molecule has 4 heteroatoms. The molecule has 1 atom stereocenters. The first-order valence-electron chi connectivity index (χ1n) is 4.25. The van der Waals surface area contributed by atoms with E-state index in [4.69, 9.17) is 10.5 Å². The maximum absolute atomic E-state index is 5.48. The zero-order valence-corrected chi connectivity index (χ0v) is 6.92. The summed E-state index contributed by atoms with van der Waals surface area (Å²) < 4.78 is 5.48. The van der Waals surface area contributed by atoms with Crippen molar-refractivity contribution in [3.8, 4) is 0 Å². The maximum Gasteiger partial charge on any atom is 0.120 e. The highest BCUT2D eigenvalue weighted by atomic mass is 16.5. The third-order valence-electron chi connectivity index (χ3n) is 2.12. The number of nitrogens with zero attached hydrogens (tertiary/aromatic N) is 1. The molecule has 0 radical (unpaired) electrons. The van der Waals surface area contributed by atoms with Crippen LogP contribution in [0.1, 0.15) is 30.5 Å². The van der Waals surface area contributed by atoms with Crippen LogP contribution in [0, 0.1) is 0 Å². The average Bonchev–Trinajstić information content (AvgIpc) is 2.75. The van der Waals surface area contributed by atoms with Gasteiger partial charge in [-0.25, -0.2) is 4.98 Å². The van der Waals surface area contributed by atoms with Gasteiger partial charge in [0.15, 0.2) is 0 Å². The van der Waals surface area contributed by atoms with Gasteiger partial charge in [-0.15, -0.1) is 0 Å². The lowest BCUT2D eigenvalue weighted by Crippen LogP contribution is -2.00. The maximum atomic E-state index is 5.48. The van der Waals surface area contributed by atoms with E-state index in [2.05, 4.69) is 9.97 Å². The van der Waals surface area contributed by atoms with Crippen molar-refractivity contribution in [1.29, 1.82) is 0 Å². The molecule has 3 N–H and O–H groups in total. The molecule has 0 aliphatic carbocycles. The highest BCUT2D eigenvalue weighted by Crippen LogP contribution is 2.26. The van der Waals surface area contributed by atoms with Gasteiger partial charge in [-0.3, -0.25) is 0 Å². The van der Waals surface area contributed by atoms with Gasteiger partial charge >= 0.3 is 0 Å². The fraction of sp³-hybridized carbons (Fsp3) is 0.625. The summed E-state index contributed by atoms with van der Waals surface area (Å²) in [6, 6.07) is 0. The molecule has 0 spiro atoms. The van der Waals surface area contributed by atoms with Gasteiger partial charge < -0.3 is 15.5 Å². The van der Waals surface area contributed by atoms with Gasteiger partial charge in [0.05, 0.1) is 24.5 Å². The monoisotopic (exact) mass is 167 g/mol. The van der Waals surface area contributed by atoms with E-state index in [1.165, 1.54) is 0 Å². The molecule has 0 bridgehead atoms.